The Bertz CT molecular complexity index is 861. The van der Waals surface area contributed by atoms with Crippen molar-refractivity contribution < 1.29 is 23.5 Å². The van der Waals surface area contributed by atoms with E-state index in [-0.39, 0.29) is 32.7 Å². The Balaban J connectivity index is 2.22. The van der Waals surface area contributed by atoms with Crippen LogP contribution in [-0.4, -0.2) is 16.9 Å². The van der Waals surface area contributed by atoms with Gasteiger partial charge >= 0.3 is 5.97 Å². The number of ketones is 1. The maximum Gasteiger partial charge on any atom is 0.371 e. The lowest BCUT2D eigenvalue weighted by Gasteiger charge is -2.04. The number of halogens is 2. The summed E-state index contributed by atoms with van der Waals surface area (Å²) in [6.07, 6.45) is 1.36. The van der Waals surface area contributed by atoms with E-state index in [2.05, 4.69) is 0 Å². The van der Waals surface area contributed by atoms with Gasteiger partial charge in [0.2, 0.25) is 11.5 Å². The van der Waals surface area contributed by atoms with E-state index in [1.54, 1.807) is 6.07 Å². The smallest absolute Gasteiger partial charge is 0.371 e. The van der Waals surface area contributed by atoms with Crippen LogP contribution in [0, 0.1) is 0 Å². The molecule has 0 aliphatic rings. The second-order valence-corrected chi connectivity index (χ2v) is 4.95. The first-order chi connectivity index (χ1) is 9.99. The topological polar surface area (TPSA) is 80.6 Å². The van der Waals surface area contributed by atoms with Crippen LogP contribution in [-0.2, 0) is 0 Å². The first-order valence-electron chi connectivity index (χ1n) is 5.72. The summed E-state index contributed by atoms with van der Waals surface area (Å²) in [7, 11) is 0. The van der Waals surface area contributed by atoms with E-state index in [1.165, 1.54) is 24.5 Å². The molecule has 0 unspecified atom stereocenters. The monoisotopic (exact) mass is 324 g/mol. The summed E-state index contributed by atoms with van der Waals surface area (Å²) in [5.41, 5.74) is 0.233. The lowest BCUT2D eigenvalue weighted by Crippen LogP contribution is -2.01. The number of carbonyl (C=O) groups is 2. The average Bonchev–Trinajstić information content (AvgIpc) is 3.10. The van der Waals surface area contributed by atoms with Crippen molar-refractivity contribution in [2.75, 3.05) is 0 Å². The fourth-order valence-electron chi connectivity index (χ4n) is 1.93. The van der Waals surface area contributed by atoms with Crippen LogP contribution < -0.4 is 0 Å². The summed E-state index contributed by atoms with van der Waals surface area (Å²) in [5.74, 6) is -1.87. The van der Waals surface area contributed by atoms with Gasteiger partial charge in [-0.05, 0) is 24.3 Å². The van der Waals surface area contributed by atoms with Crippen molar-refractivity contribution in [2.45, 2.75) is 0 Å². The molecule has 5 nitrogen and oxygen atoms in total. The molecule has 3 rings (SSSR count). The molecular formula is C14H6Cl2O5. The Kier molecular flexibility index (Phi) is 3.23. The zero-order valence-electron chi connectivity index (χ0n) is 10.2. The molecule has 1 aromatic carbocycles. The van der Waals surface area contributed by atoms with Gasteiger partial charge in [0.15, 0.2) is 11.3 Å². The molecule has 106 valence electrons. The lowest BCUT2D eigenvalue weighted by molar-refractivity contribution is 0.0665. The van der Waals surface area contributed by atoms with Crippen LogP contribution in [0.25, 0.3) is 11.0 Å². The van der Waals surface area contributed by atoms with Crippen molar-refractivity contribution in [3.05, 3.63) is 57.7 Å². The molecule has 0 spiro atoms. The second kappa shape index (κ2) is 4.95. The van der Waals surface area contributed by atoms with Crippen molar-refractivity contribution in [1.82, 2.24) is 0 Å². The minimum absolute atomic E-state index is 0.0168. The Labute approximate surface area is 127 Å². The summed E-state index contributed by atoms with van der Waals surface area (Å²) >= 11 is 12.1. The third-order valence-corrected chi connectivity index (χ3v) is 3.74. The van der Waals surface area contributed by atoms with Crippen LogP contribution in [0.1, 0.15) is 26.7 Å². The zero-order chi connectivity index (χ0) is 15.1. The van der Waals surface area contributed by atoms with Crippen molar-refractivity contribution in [2.24, 2.45) is 0 Å². The van der Waals surface area contributed by atoms with Gasteiger partial charge in [0.1, 0.15) is 5.02 Å². The molecule has 0 fully saturated rings. The molecule has 2 heterocycles. The fraction of sp³-hybridized carbons (Fsp3) is 0. The quantitative estimate of drug-likeness (QED) is 0.728. The molecule has 1 N–H and O–H groups in total. The molecule has 0 saturated carbocycles. The Hall–Kier alpha value is -2.24. The molecule has 0 aliphatic carbocycles. The van der Waals surface area contributed by atoms with Crippen molar-refractivity contribution in [3.8, 4) is 0 Å². The summed E-state index contributed by atoms with van der Waals surface area (Å²) in [5, 5.41) is 9.26. The van der Waals surface area contributed by atoms with Crippen LogP contribution >= 0.6 is 23.2 Å². The highest BCUT2D eigenvalue weighted by molar-refractivity contribution is 6.47. The van der Waals surface area contributed by atoms with Crippen molar-refractivity contribution in [1.29, 1.82) is 0 Å². The maximum atomic E-state index is 12.3. The normalized spacial score (nSPS) is 11.0. The highest BCUT2D eigenvalue weighted by Crippen LogP contribution is 2.36. The van der Waals surface area contributed by atoms with Crippen molar-refractivity contribution in [3.63, 3.8) is 0 Å². The van der Waals surface area contributed by atoms with E-state index in [1.807, 2.05) is 0 Å². The minimum atomic E-state index is -1.24. The fourth-order valence-corrected chi connectivity index (χ4v) is 2.41. The number of carboxylic acid groups (broad SMARTS) is 1. The summed E-state index contributed by atoms with van der Waals surface area (Å²) < 4.78 is 10.1. The minimum Gasteiger partial charge on any atom is -0.475 e. The summed E-state index contributed by atoms with van der Waals surface area (Å²) in [6, 6.07) is 5.76. The Morgan fingerprint density at radius 3 is 2.48 bits per heavy atom. The number of furan rings is 2. The van der Waals surface area contributed by atoms with Gasteiger partial charge in [-0.1, -0.05) is 23.2 Å². The first-order valence-corrected chi connectivity index (χ1v) is 6.47. The van der Waals surface area contributed by atoms with Gasteiger partial charge in [-0.25, -0.2) is 4.79 Å². The van der Waals surface area contributed by atoms with E-state index in [0.717, 1.165) is 0 Å². The number of carboxylic acids is 1. The molecule has 0 atom stereocenters. The summed E-state index contributed by atoms with van der Waals surface area (Å²) in [4.78, 5) is 23.2. The first kappa shape index (κ1) is 13.7. The third kappa shape index (κ3) is 2.20. The van der Waals surface area contributed by atoms with E-state index < -0.39 is 11.8 Å². The van der Waals surface area contributed by atoms with Gasteiger partial charge in [-0.15, -0.1) is 0 Å². The standard InChI is InChI=1S/C14H6Cl2O5/c15-10-7(12(17)8-2-1-3-20-8)4-6-5-9(14(18)19)21-13(6)11(10)16/h1-5H,(H,18,19). The van der Waals surface area contributed by atoms with Gasteiger partial charge in [0.25, 0.3) is 0 Å². The molecule has 2 aromatic heterocycles. The molecule has 21 heavy (non-hydrogen) atoms. The van der Waals surface area contributed by atoms with Crippen LogP contribution in [0.2, 0.25) is 10.0 Å². The van der Waals surface area contributed by atoms with E-state index in [4.69, 9.17) is 37.1 Å². The Morgan fingerprint density at radius 2 is 1.86 bits per heavy atom. The van der Waals surface area contributed by atoms with Gasteiger partial charge < -0.3 is 13.9 Å². The predicted octanol–water partition coefficient (Wildman–Crippen LogP) is 4.26. The molecule has 0 saturated heterocycles. The third-order valence-electron chi connectivity index (χ3n) is 2.89. The Morgan fingerprint density at radius 1 is 1.10 bits per heavy atom. The summed E-state index contributed by atoms with van der Waals surface area (Å²) in [6.45, 7) is 0. The van der Waals surface area contributed by atoms with Gasteiger partial charge in [0, 0.05) is 10.9 Å². The van der Waals surface area contributed by atoms with Gasteiger partial charge in [-0.3, -0.25) is 4.79 Å². The molecule has 0 bridgehead atoms. The number of rotatable bonds is 3. The van der Waals surface area contributed by atoms with Crippen LogP contribution in [0.4, 0.5) is 0 Å². The lowest BCUT2D eigenvalue weighted by atomic mass is 10.1. The predicted molar refractivity (Wildman–Crippen MR) is 75.3 cm³/mol. The highest BCUT2D eigenvalue weighted by atomic mass is 35.5. The van der Waals surface area contributed by atoms with E-state index in [0.29, 0.717) is 5.39 Å². The average molecular weight is 325 g/mol. The number of aromatic carboxylic acids is 1. The second-order valence-electron chi connectivity index (χ2n) is 4.19. The molecular weight excluding hydrogens is 319 g/mol. The zero-order valence-corrected chi connectivity index (χ0v) is 11.7. The molecule has 0 amide bonds. The van der Waals surface area contributed by atoms with E-state index in [9.17, 15) is 9.59 Å². The molecule has 7 heteroatoms. The van der Waals surface area contributed by atoms with Crippen molar-refractivity contribution >= 4 is 45.9 Å². The number of carbonyl (C=O) groups excluding carboxylic acids is 1. The number of benzene rings is 1. The van der Waals surface area contributed by atoms with Gasteiger partial charge in [-0.2, -0.15) is 0 Å². The molecule has 3 aromatic rings. The number of hydrogen-bond donors (Lipinski definition) is 1. The van der Waals surface area contributed by atoms with Crippen LogP contribution in [0.15, 0.2) is 39.4 Å². The number of hydrogen-bond acceptors (Lipinski definition) is 4. The molecule has 0 aliphatic heterocycles. The van der Waals surface area contributed by atoms with Gasteiger partial charge in [0.05, 0.1) is 11.3 Å². The van der Waals surface area contributed by atoms with Crippen LogP contribution in [0.5, 0.6) is 0 Å². The molecule has 0 radical (unpaired) electrons. The maximum absolute atomic E-state index is 12.3. The highest BCUT2D eigenvalue weighted by Gasteiger charge is 2.22. The van der Waals surface area contributed by atoms with E-state index >= 15 is 0 Å². The SMILES string of the molecule is O=C(O)c1cc2cc(C(=O)c3ccco3)c(Cl)c(Cl)c2o1. The van der Waals surface area contributed by atoms with Crippen LogP contribution in [0.3, 0.4) is 0 Å². The largest absolute Gasteiger partial charge is 0.475 e. The number of fused-ring (bicyclic) bond motifs is 1.